The largest absolute Gasteiger partial charge is 0.402 e. The van der Waals surface area contributed by atoms with Crippen molar-refractivity contribution >= 4 is 6.08 Å². The third-order valence-corrected chi connectivity index (χ3v) is 4.22. The van der Waals surface area contributed by atoms with Gasteiger partial charge in [-0.15, -0.1) is 0 Å². The van der Waals surface area contributed by atoms with Crippen molar-refractivity contribution in [2.75, 3.05) is 19.6 Å². The minimum atomic E-state index is 0.720. The molecule has 1 saturated heterocycles. The lowest BCUT2D eigenvalue weighted by atomic mass is 9.99. The number of likely N-dealkylation sites (tertiary alicyclic amines) is 1. The van der Waals surface area contributed by atoms with Gasteiger partial charge in [0.05, 0.1) is 0 Å². The molecule has 2 N–H and O–H groups in total. The second-order valence-electron chi connectivity index (χ2n) is 6.29. The molecular weight excluding hydrogens is 268 g/mol. The highest BCUT2D eigenvalue weighted by atomic mass is 15.1. The van der Waals surface area contributed by atoms with Gasteiger partial charge in [-0.1, -0.05) is 54.1 Å². The number of hydrogen-bond donors (Lipinski definition) is 1. The highest BCUT2D eigenvalue weighted by Gasteiger charge is 2.13. The highest BCUT2D eigenvalue weighted by molar-refractivity contribution is 5.54. The molecule has 0 spiro atoms. The molecule has 1 aromatic rings. The maximum atomic E-state index is 5.71. The summed E-state index contributed by atoms with van der Waals surface area (Å²) < 4.78 is 0. The number of allylic oxidation sites excluding steroid dienone is 2. The molecule has 0 amide bonds. The van der Waals surface area contributed by atoms with Crippen LogP contribution in [0, 0.1) is 0 Å². The van der Waals surface area contributed by atoms with Crippen LogP contribution in [0.1, 0.15) is 37.8 Å². The SMILES string of the molecule is C=C(N)Cc1cccc(C=C2CCN(C/C(C)=C/C)CC2)c1. The smallest absolute Gasteiger partial charge is 0.0190 e. The van der Waals surface area contributed by atoms with Crippen LogP contribution in [0.15, 0.2) is 53.8 Å². The first-order chi connectivity index (χ1) is 10.6. The van der Waals surface area contributed by atoms with Crippen molar-refractivity contribution in [1.29, 1.82) is 0 Å². The molecular formula is C20H28N2. The summed E-state index contributed by atoms with van der Waals surface area (Å²) in [7, 11) is 0. The van der Waals surface area contributed by atoms with Gasteiger partial charge in [-0.2, -0.15) is 0 Å². The van der Waals surface area contributed by atoms with Gasteiger partial charge in [-0.05, 0) is 37.8 Å². The molecule has 1 aliphatic heterocycles. The van der Waals surface area contributed by atoms with Gasteiger partial charge in [-0.3, -0.25) is 4.90 Å². The lowest BCUT2D eigenvalue weighted by Gasteiger charge is -2.28. The quantitative estimate of drug-likeness (QED) is 0.827. The van der Waals surface area contributed by atoms with E-state index in [2.05, 4.69) is 61.7 Å². The van der Waals surface area contributed by atoms with Crippen LogP contribution >= 0.6 is 0 Å². The first-order valence-electron chi connectivity index (χ1n) is 8.12. The lowest BCUT2D eigenvalue weighted by molar-refractivity contribution is 0.278. The predicted molar refractivity (Wildman–Crippen MR) is 96.6 cm³/mol. The van der Waals surface area contributed by atoms with Crippen LogP contribution < -0.4 is 5.73 Å². The predicted octanol–water partition coefficient (Wildman–Crippen LogP) is 4.15. The second kappa shape index (κ2) is 8.00. The van der Waals surface area contributed by atoms with Gasteiger partial charge in [-0.25, -0.2) is 0 Å². The molecule has 118 valence electrons. The zero-order valence-electron chi connectivity index (χ0n) is 13.9. The third-order valence-electron chi connectivity index (χ3n) is 4.22. The van der Waals surface area contributed by atoms with E-state index in [1.54, 1.807) is 5.57 Å². The molecule has 0 bridgehead atoms. The van der Waals surface area contributed by atoms with Gasteiger partial charge in [0, 0.05) is 31.8 Å². The Kier molecular flexibility index (Phi) is 6.02. The van der Waals surface area contributed by atoms with E-state index >= 15 is 0 Å². The van der Waals surface area contributed by atoms with Crippen LogP contribution in [0.4, 0.5) is 0 Å². The third kappa shape index (κ3) is 5.19. The Bertz CT molecular complexity index is 571. The van der Waals surface area contributed by atoms with Gasteiger partial charge in [0.15, 0.2) is 0 Å². The monoisotopic (exact) mass is 296 g/mol. The maximum Gasteiger partial charge on any atom is 0.0190 e. The minimum Gasteiger partial charge on any atom is -0.402 e. The molecule has 0 saturated carbocycles. The topological polar surface area (TPSA) is 29.3 Å². The van der Waals surface area contributed by atoms with E-state index in [0.29, 0.717) is 0 Å². The molecule has 0 radical (unpaired) electrons. The Morgan fingerprint density at radius 1 is 1.32 bits per heavy atom. The fraction of sp³-hybridized carbons (Fsp3) is 0.400. The van der Waals surface area contributed by atoms with Gasteiger partial charge in [0.25, 0.3) is 0 Å². The molecule has 2 rings (SSSR count). The number of hydrogen-bond acceptors (Lipinski definition) is 2. The summed E-state index contributed by atoms with van der Waals surface area (Å²) in [5, 5.41) is 0. The standard InChI is InChI=1S/C20H28N2/c1-4-16(2)15-22-10-8-18(9-11-22)13-20-7-5-6-19(14-20)12-17(3)21/h4-7,13-14H,3,8-12,15,21H2,1-2H3/b16-4+. The summed E-state index contributed by atoms with van der Waals surface area (Å²) in [4.78, 5) is 2.54. The number of benzene rings is 1. The number of nitrogens with two attached hydrogens (primary N) is 1. The van der Waals surface area contributed by atoms with Gasteiger partial charge in [0.1, 0.15) is 0 Å². The normalized spacial score (nSPS) is 16.6. The van der Waals surface area contributed by atoms with E-state index in [1.807, 2.05) is 0 Å². The van der Waals surface area contributed by atoms with E-state index in [9.17, 15) is 0 Å². The molecule has 22 heavy (non-hydrogen) atoms. The summed E-state index contributed by atoms with van der Waals surface area (Å²) in [6, 6.07) is 8.62. The fourth-order valence-electron chi connectivity index (χ4n) is 2.88. The van der Waals surface area contributed by atoms with Crippen molar-refractivity contribution in [2.45, 2.75) is 33.1 Å². The Morgan fingerprint density at radius 2 is 2.05 bits per heavy atom. The van der Waals surface area contributed by atoms with E-state index in [0.717, 1.165) is 31.8 Å². The molecule has 0 atom stereocenters. The number of rotatable bonds is 5. The average molecular weight is 296 g/mol. The summed E-state index contributed by atoms with van der Waals surface area (Å²) in [5.74, 6) is 0. The Morgan fingerprint density at radius 3 is 2.68 bits per heavy atom. The maximum absolute atomic E-state index is 5.71. The van der Waals surface area contributed by atoms with E-state index in [-0.39, 0.29) is 0 Å². The Labute approximate surface area is 135 Å². The summed E-state index contributed by atoms with van der Waals surface area (Å²) >= 11 is 0. The van der Waals surface area contributed by atoms with Gasteiger partial charge < -0.3 is 5.73 Å². The molecule has 0 unspecified atom stereocenters. The van der Waals surface area contributed by atoms with Crippen LogP contribution in [-0.2, 0) is 6.42 Å². The summed E-state index contributed by atoms with van der Waals surface area (Å²) in [6.07, 6.45) is 7.66. The summed E-state index contributed by atoms with van der Waals surface area (Å²) in [5.41, 5.74) is 12.0. The first-order valence-corrected chi connectivity index (χ1v) is 8.12. The number of nitrogens with zero attached hydrogens (tertiary/aromatic N) is 1. The molecule has 2 nitrogen and oxygen atoms in total. The van der Waals surface area contributed by atoms with Crippen molar-refractivity contribution in [1.82, 2.24) is 4.90 Å². The van der Waals surface area contributed by atoms with Crippen molar-refractivity contribution in [3.05, 3.63) is 64.9 Å². The molecule has 0 aromatic heterocycles. The highest BCUT2D eigenvalue weighted by Crippen LogP contribution is 2.21. The molecule has 1 heterocycles. The van der Waals surface area contributed by atoms with Crippen molar-refractivity contribution in [3.63, 3.8) is 0 Å². The Balaban J connectivity index is 1.96. The minimum absolute atomic E-state index is 0.720. The molecule has 0 aliphatic carbocycles. The first kappa shape index (κ1) is 16.6. The molecule has 1 fully saturated rings. The van der Waals surface area contributed by atoms with Gasteiger partial charge in [0.2, 0.25) is 0 Å². The molecule has 1 aromatic carbocycles. The van der Waals surface area contributed by atoms with Crippen LogP contribution in [0.25, 0.3) is 6.08 Å². The Hall–Kier alpha value is -1.80. The van der Waals surface area contributed by atoms with Gasteiger partial charge >= 0.3 is 0 Å². The molecule has 2 heteroatoms. The van der Waals surface area contributed by atoms with Crippen LogP contribution in [0.5, 0.6) is 0 Å². The van der Waals surface area contributed by atoms with Crippen LogP contribution in [0.3, 0.4) is 0 Å². The van der Waals surface area contributed by atoms with E-state index < -0.39 is 0 Å². The average Bonchev–Trinajstić information content (AvgIpc) is 2.49. The summed E-state index contributed by atoms with van der Waals surface area (Å²) in [6.45, 7) is 11.6. The van der Waals surface area contributed by atoms with E-state index in [4.69, 9.17) is 5.73 Å². The molecule has 1 aliphatic rings. The lowest BCUT2D eigenvalue weighted by Crippen LogP contribution is -2.32. The number of piperidine rings is 1. The van der Waals surface area contributed by atoms with Crippen LogP contribution in [-0.4, -0.2) is 24.5 Å². The van der Waals surface area contributed by atoms with E-state index in [1.165, 1.54) is 29.5 Å². The van der Waals surface area contributed by atoms with Crippen molar-refractivity contribution in [3.8, 4) is 0 Å². The zero-order chi connectivity index (χ0) is 15.9. The van der Waals surface area contributed by atoms with Crippen molar-refractivity contribution in [2.24, 2.45) is 5.73 Å². The second-order valence-corrected chi connectivity index (χ2v) is 6.29. The van der Waals surface area contributed by atoms with Crippen LogP contribution in [0.2, 0.25) is 0 Å². The zero-order valence-corrected chi connectivity index (χ0v) is 13.9. The van der Waals surface area contributed by atoms with Crippen molar-refractivity contribution < 1.29 is 0 Å². The fourth-order valence-corrected chi connectivity index (χ4v) is 2.88.